The summed E-state index contributed by atoms with van der Waals surface area (Å²) in [5, 5.41) is 3.18. The van der Waals surface area contributed by atoms with Gasteiger partial charge in [-0.05, 0) is 79.1 Å². The molecular weight excluding hydrogens is 475 g/mol. The second kappa shape index (κ2) is 14.3. The number of hydrogen-bond acceptors (Lipinski definition) is 4. The van der Waals surface area contributed by atoms with Crippen LogP contribution in [-0.4, -0.2) is 23.8 Å². The van der Waals surface area contributed by atoms with Crippen LogP contribution in [0.4, 0.5) is 8.78 Å². The number of rotatable bonds is 14. The number of thioether (sulfide) groups is 1. The Balaban J connectivity index is 1.41. The Morgan fingerprint density at radius 2 is 1.82 bits per heavy atom. The Bertz CT molecular complexity index is 925. The molecule has 0 radical (unpaired) electrons. The summed E-state index contributed by atoms with van der Waals surface area (Å²) in [5.74, 6) is 0.556. The van der Waals surface area contributed by atoms with Gasteiger partial charge in [0.15, 0.2) is 0 Å². The largest absolute Gasteiger partial charge is 0.694 e. The number of unbranched alkanes of at least 4 members (excludes halogenated alkanes) is 1. The summed E-state index contributed by atoms with van der Waals surface area (Å²) >= 11 is 1.54. The van der Waals surface area contributed by atoms with Gasteiger partial charge in [0.25, 0.3) is 0 Å². The van der Waals surface area contributed by atoms with Gasteiger partial charge >= 0.3 is 8.25 Å². The summed E-state index contributed by atoms with van der Waals surface area (Å²) in [6.07, 6.45) is 9.25. The van der Waals surface area contributed by atoms with E-state index in [9.17, 15) is 13.3 Å². The SMILES string of the molecule is O=[P+](O)OCCCNCc1ccc(SCCCCC2(c3ccccc3F)CCCCC2)c(F)c1. The number of benzene rings is 2. The van der Waals surface area contributed by atoms with Gasteiger partial charge in [-0.1, -0.05) is 49.9 Å². The van der Waals surface area contributed by atoms with Crippen molar-refractivity contribution in [2.75, 3.05) is 18.9 Å². The highest BCUT2D eigenvalue weighted by Gasteiger charge is 2.35. The fraction of sp³-hybridized carbons (Fsp3) is 0.538. The highest BCUT2D eigenvalue weighted by atomic mass is 32.2. The molecule has 2 aromatic carbocycles. The molecule has 186 valence electrons. The first-order chi connectivity index (χ1) is 16.5. The van der Waals surface area contributed by atoms with Crippen LogP contribution in [0.5, 0.6) is 0 Å². The first-order valence-electron chi connectivity index (χ1n) is 12.2. The van der Waals surface area contributed by atoms with Crippen LogP contribution in [-0.2, 0) is 21.0 Å². The van der Waals surface area contributed by atoms with Gasteiger partial charge < -0.3 is 5.32 Å². The van der Waals surface area contributed by atoms with Gasteiger partial charge in [-0.3, -0.25) is 0 Å². The normalized spacial score (nSPS) is 15.9. The lowest BCUT2D eigenvalue weighted by atomic mass is 9.66. The van der Waals surface area contributed by atoms with Crippen LogP contribution < -0.4 is 5.32 Å². The average Bonchev–Trinajstić information content (AvgIpc) is 2.83. The van der Waals surface area contributed by atoms with Crippen LogP contribution in [0, 0.1) is 11.6 Å². The number of halogens is 2. The molecule has 0 aliphatic heterocycles. The van der Waals surface area contributed by atoms with Crippen molar-refractivity contribution in [2.45, 2.75) is 74.6 Å². The zero-order chi connectivity index (χ0) is 24.2. The quantitative estimate of drug-likeness (QED) is 0.159. The molecule has 1 unspecified atom stereocenters. The first-order valence-corrected chi connectivity index (χ1v) is 14.3. The second-order valence-corrected chi connectivity index (χ2v) is 10.9. The standard InChI is InChI=1S/C26H34F2NO3PS/c27-23-10-3-2-9-22(23)26(13-4-1-5-14-26)15-6-7-18-34-25-12-11-21(19-24(25)28)20-29-16-8-17-32-33(30)31/h2-3,9-12,19,29H,1,4-8,13-18,20H2/p+1. The molecule has 2 aromatic rings. The molecule has 0 heterocycles. The van der Waals surface area contributed by atoms with Crippen LogP contribution in [0.3, 0.4) is 0 Å². The third-order valence-electron chi connectivity index (χ3n) is 6.59. The summed E-state index contributed by atoms with van der Waals surface area (Å²) in [5.41, 5.74) is 1.70. The minimum Gasteiger partial charge on any atom is -0.313 e. The van der Waals surface area contributed by atoms with E-state index in [2.05, 4.69) is 9.84 Å². The Kier molecular flexibility index (Phi) is 11.4. The van der Waals surface area contributed by atoms with Gasteiger partial charge in [0.2, 0.25) is 0 Å². The Hall–Kier alpha value is -1.37. The molecule has 1 saturated carbocycles. The lowest BCUT2D eigenvalue weighted by Crippen LogP contribution is -2.30. The molecule has 0 saturated heterocycles. The Morgan fingerprint density at radius 3 is 2.56 bits per heavy atom. The van der Waals surface area contributed by atoms with Gasteiger partial charge in [0, 0.05) is 16.0 Å². The van der Waals surface area contributed by atoms with E-state index >= 15 is 0 Å². The van der Waals surface area contributed by atoms with E-state index in [0.29, 0.717) is 24.4 Å². The lowest BCUT2D eigenvalue weighted by Gasteiger charge is -2.38. The minimum atomic E-state index is -2.54. The maximum absolute atomic E-state index is 14.6. The van der Waals surface area contributed by atoms with E-state index in [0.717, 1.165) is 61.8 Å². The smallest absolute Gasteiger partial charge is 0.313 e. The van der Waals surface area contributed by atoms with E-state index in [1.807, 2.05) is 24.3 Å². The lowest BCUT2D eigenvalue weighted by molar-refractivity contribution is 0.260. The van der Waals surface area contributed by atoms with Crippen molar-refractivity contribution in [3.63, 3.8) is 0 Å². The van der Waals surface area contributed by atoms with E-state index in [-0.39, 0.29) is 23.7 Å². The summed E-state index contributed by atoms with van der Waals surface area (Å²) in [4.78, 5) is 9.23. The molecule has 0 bridgehead atoms. The zero-order valence-corrected chi connectivity index (χ0v) is 21.3. The van der Waals surface area contributed by atoms with Crippen molar-refractivity contribution < 1.29 is 22.8 Å². The van der Waals surface area contributed by atoms with Crippen LogP contribution >= 0.6 is 20.0 Å². The van der Waals surface area contributed by atoms with E-state index < -0.39 is 8.25 Å². The monoisotopic (exact) mass is 510 g/mol. The molecule has 34 heavy (non-hydrogen) atoms. The summed E-state index contributed by atoms with van der Waals surface area (Å²) in [6.45, 7) is 1.37. The van der Waals surface area contributed by atoms with Crippen molar-refractivity contribution in [3.8, 4) is 0 Å². The molecule has 2 N–H and O–H groups in total. The molecule has 3 rings (SSSR count). The van der Waals surface area contributed by atoms with Gasteiger partial charge in [0.1, 0.15) is 18.2 Å². The fourth-order valence-electron chi connectivity index (χ4n) is 4.87. The maximum atomic E-state index is 14.6. The zero-order valence-electron chi connectivity index (χ0n) is 19.6. The third-order valence-corrected chi connectivity index (χ3v) is 8.13. The van der Waals surface area contributed by atoms with Crippen LogP contribution in [0.25, 0.3) is 0 Å². The highest BCUT2D eigenvalue weighted by molar-refractivity contribution is 7.99. The first kappa shape index (κ1) is 27.2. The van der Waals surface area contributed by atoms with Gasteiger partial charge in [0.05, 0.1) is 0 Å². The van der Waals surface area contributed by atoms with Crippen LogP contribution in [0.2, 0.25) is 0 Å². The average molecular weight is 511 g/mol. The molecule has 0 amide bonds. The van der Waals surface area contributed by atoms with Gasteiger partial charge in [-0.15, -0.1) is 21.2 Å². The van der Waals surface area contributed by atoms with Crippen LogP contribution in [0.15, 0.2) is 47.4 Å². The number of nitrogens with one attached hydrogen (secondary N) is 1. The molecule has 8 heteroatoms. The van der Waals surface area contributed by atoms with Crippen molar-refractivity contribution in [1.29, 1.82) is 0 Å². The topological polar surface area (TPSA) is 58.6 Å². The third kappa shape index (κ3) is 8.39. The Morgan fingerprint density at radius 1 is 1.03 bits per heavy atom. The summed E-state index contributed by atoms with van der Waals surface area (Å²) in [6, 6.07) is 12.6. The molecular formula is C26H35F2NO3PS+. The molecule has 0 spiro atoms. The van der Waals surface area contributed by atoms with Crippen molar-refractivity contribution >= 4 is 20.0 Å². The van der Waals surface area contributed by atoms with E-state index in [4.69, 9.17) is 4.89 Å². The van der Waals surface area contributed by atoms with Gasteiger partial charge in [-0.2, -0.15) is 0 Å². The molecule has 0 aromatic heterocycles. The van der Waals surface area contributed by atoms with Gasteiger partial charge in [-0.25, -0.2) is 8.78 Å². The molecule has 1 aliphatic carbocycles. The number of hydrogen-bond donors (Lipinski definition) is 2. The fourth-order valence-corrected chi connectivity index (χ4v) is 6.08. The summed E-state index contributed by atoms with van der Waals surface area (Å²) < 4.78 is 44.1. The molecule has 1 aliphatic rings. The summed E-state index contributed by atoms with van der Waals surface area (Å²) in [7, 11) is -2.54. The molecule has 1 fully saturated rings. The predicted molar refractivity (Wildman–Crippen MR) is 134 cm³/mol. The molecule has 4 nitrogen and oxygen atoms in total. The Labute approximate surface area is 206 Å². The predicted octanol–water partition coefficient (Wildman–Crippen LogP) is 7.28. The second-order valence-electron chi connectivity index (χ2n) is 8.99. The maximum Gasteiger partial charge on any atom is 0.694 e. The minimum absolute atomic E-state index is 0.0457. The van der Waals surface area contributed by atoms with Crippen molar-refractivity contribution in [3.05, 3.63) is 65.2 Å². The van der Waals surface area contributed by atoms with E-state index in [1.54, 1.807) is 30.0 Å². The van der Waals surface area contributed by atoms with Crippen molar-refractivity contribution in [1.82, 2.24) is 5.32 Å². The van der Waals surface area contributed by atoms with E-state index in [1.165, 1.54) is 6.42 Å². The van der Waals surface area contributed by atoms with Crippen molar-refractivity contribution in [2.24, 2.45) is 0 Å². The highest BCUT2D eigenvalue weighted by Crippen LogP contribution is 2.44. The molecule has 1 atom stereocenters. The van der Waals surface area contributed by atoms with Crippen LogP contribution in [0.1, 0.15) is 68.9 Å².